The summed E-state index contributed by atoms with van der Waals surface area (Å²) in [7, 11) is 0. The number of hydrogen-bond donors (Lipinski definition) is 2. The Morgan fingerprint density at radius 1 is 1.58 bits per heavy atom. The molecule has 0 bridgehead atoms. The van der Waals surface area contributed by atoms with Crippen molar-refractivity contribution in [3.8, 4) is 0 Å². The summed E-state index contributed by atoms with van der Waals surface area (Å²) < 4.78 is 5.44. The van der Waals surface area contributed by atoms with Crippen molar-refractivity contribution in [1.29, 1.82) is 0 Å². The number of nitrogens with zero attached hydrogens (tertiary/aromatic N) is 1. The molecule has 0 radical (unpaired) electrons. The summed E-state index contributed by atoms with van der Waals surface area (Å²) in [4.78, 5) is 14.3. The summed E-state index contributed by atoms with van der Waals surface area (Å²) >= 11 is 0. The van der Waals surface area contributed by atoms with Crippen molar-refractivity contribution in [2.75, 3.05) is 25.5 Å². The Kier molecular flexibility index (Phi) is 4.07. The number of nitrogen functional groups attached to an aromatic ring is 1. The van der Waals surface area contributed by atoms with Crippen LogP contribution in [0.2, 0.25) is 0 Å². The largest absolute Gasteiger partial charge is 0.398 e. The van der Waals surface area contributed by atoms with Gasteiger partial charge in [-0.25, -0.2) is 0 Å². The fourth-order valence-corrected chi connectivity index (χ4v) is 2.25. The number of anilines is 1. The molecule has 5 nitrogen and oxygen atoms in total. The molecule has 3 N–H and O–H groups in total. The van der Waals surface area contributed by atoms with Gasteiger partial charge in [0.05, 0.1) is 25.4 Å². The minimum Gasteiger partial charge on any atom is -0.398 e. The van der Waals surface area contributed by atoms with Crippen molar-refractivity contribution in [3.63, 3.8) is 0 Å². The van der Waals surface area contributed by atoms with Crippen LogP contribution in [-0.2, 0) is 4.74 Å². The molecule has 1 aromatic rings. The zero-order valence-electron chi connectivity index (χ0n) is 11.3. The van der Waals surface area contributed by atoms with Gasteiger partial charge in [-0.2, -0.15) is 0 Å². The highest BCUT2D eigenvalue weighted by Gasteiger charge is 2.30. The molecule has 2 atom stereocenters. The number of ether oxygens (including phenoxy) is 1. The third kappa shape index (κ3) is 2.72. The van der Waals surface area contributed by atoms with Crippen molar-refractivity contribution in [1.82, 2.24) is 4.90 Å². The Hall–Kier alpha value is -1.59. The predicted octanol–water partition coefficient (Wildman–Crippen LogP) is 0.799. The van der Waals surface area contributed by atoms with E-state index in [-0.39, 0.29) is 24.7 Å². The van der Waals surface area contributed by atoms with E-state index in [9.17, 15) is 4.79 Å². The highest BCUT2D eigenvalue weighted by Crippen LogP contribution is 2.20. The molecule has 1 amide bonds. The molecule has 2 rings (SSSR count). The highest BCUT2D eigenvalue weighted by atomic mass is 16.5. The molecule has 104 valence electrons. The molecule has 19 heavy (non-hydrogen) atoms. The molecule has 1 aliphatic heterocycles. The van der Waals surface area contributed by atoms with Crippen LogP contribution in [0.1, 0.15) is 22.8 Å². The van der Waals surface area contributed by atoms with Crippen LogP contribution in [0, 0.1) is 6.92 Å². The molecule has 1 heterocycles. The number of aliphatic hydroxyl groups is 1. The first-order chi connectivity index (χ1) is 9.04. The van der Waals surface area contributed by atoms with Crippen LogP contribution < -0.4 is 5.73 Å². The standard InChI is InChI=1S/C14H20N2O3/c1-9-8-19-11(7-17)6-16(9)14(18)12-4-3-5-13(15)10(12)2/h3-5,9,11,17H,6-8,15H2,1-2H3. The zero-order valence-corrected chi connectivity index (χ0v) is 11.3. The van der Waals surface area contributed by atoms with E-state index in [4.69, 9.17) is 15.6 Å². The maximum atomic E-state index is 12.6. The minimum atomic E-state index is -0.304. The Morgan fingerprint density at radius 3 is 3.00 bits per heavy atom. The maximum Gasteiger partial charge on any atom is 0.254 e. The number of nitrogens with two attached hydrogens (primary N) is 1. The first kappa shape index (κ1) is 13.8. The quantitative estimate of drug-likeness (QED) is 0.775. The molecule has 0 aromatic heterocycles. The third-order valence-corrected chi connectivity index (χ3v) is 3.58. The van der Waals surface area contributed by atoms with E-state index in [1.807, 2.05) is 13.8 Å². The lowest BCUT2D eigenvalue weighted by Crippen LogP contribution is -2.52. The van der Waals surface area contributed by atoms with Crippen molar-refractivity contribution in [2.24, 2.45) is 0 Å². The first-order valence-corrected chi connectivity index (χ1v) is 6.43. The molecule has 0 spiro atoms. The van der Waals surface area contributed by atoms with Crippen LogP contribution in [0.25, 0.3) is 0 Å². The van der Waals surface area contributed by atoms with E-state index >= 15 is 0 Å². The smallest absolute Gasteiger partial charge is 0.254 e. The van der Waals surface area contributed by atoms with Gasteiger partial charge in [0.15, 0.2) is 0 Å². The SMILES string of the molecule is Cc1c(N)cccc1C(=O)N1CC(CO)OCC1C. The van der Waals surface area contributed by atoms with Gasteiger partial charge in [-0.15, -0.1) is 0 Å². The monoisotopic (exact) mass is 264 g/mol. The second kappa shape index (κ2) is 5.59. The van der Waals surface area contributed by atoms with E-state index < -0.39 is 0 Å². The fraction of sp³-hybridized carbons (Fsp3) is 0.500. The van der Waals surface area contributed by atoms with Crippen molar-refractivity contribution in [2.45, 2.75) is 26.0 Å². The van der Waals surface area contributed by atoms with E-state index in [2.05, 4.69) is 0 Å². The maximum absolute atomic E-state index is 12.6. The second-order valence-electron chi connectivity index (χ2n) is 4.96. The van der Waals surface area contributed by atoms with Crippen LogP contribution in [0.4, 0.5) is 5.69 Å². The van der Waals surface area contributed by atoms with Crippen molar-refractivity contribution >= 4 is 11.6 Å². The zero-order chi connectivity index (χ0) is 14.0. The number of morpholine rings is 1. The van der Waals surface area contributed by atoms with E-state index in [0.717, 1.165) is 5.56 Å². The molecular formula is C14H20N2O3. The molecule has 1 fully saturated rings. The lowest BCUT2D eigenvalue weighted by atomic mass is 10.0. The van der Waals surface area contributed by atoms with Gasteiger partial charge in [-0.3, -0.25) is 4.79 Å². The average molecular weight is 264 g/mol. The Balaban J connectivity index is 2.24. The van der Waals surface area contributed by atoms with Gasteiger partial charge in [-0.1, -0.05) is 6.07 Å². The molecule has 1 aromatic carbocycles. The summed E-state index contributed by atoms with van der Waals surface area (Å²) in [6.45, 7) is 4.56. The normalized spacial score (nSPS) is 23.4. The fourth-order valence-electron chi connectivity index (χ4n) is 2.25. The Bertz CT molecular complexity index is 476. The first-order valence-electron chi connectivity index (χ1n) is 6.43. The molecule has 1 aliphatic rings. The molecule has 0 aliphatic carbocycles. The topological polar surface area (TPSA) is 75.8 Å². The third-order valence-electron chi connectivity index (χ3n) is 3.58. The van der Waals surface area contributed by atoms with Crippen LogP contribution in [-0.4, -0.2) is 47.8 Å². The second-order valence-corrected chi connectivity index (χ2v) is 4.96. The van der Waals surface area contributed by atoms with E-state index in [1.54, 1.807) is 23.1 Å². The number of carbonyl (C=O) groups excluding carboxylic acids is 1. The highest BCUT2D eigenvalue weighted by molar-refractivity contribution is 5.97. The minimum absolute atomic E-state index is 0.00358. The van der Waals surface area contributed by atoms with Gasteiger partial charge < -0.3 is 20.5 Å². The van der Waals surface area contributed by atoms with E-state index in [1.165, 1.54) is 0 Å². The van der Waals surface area contributed by atoms with Gasteiger partial charge in [-0.05, 0) is 31.5 Å². The predicted molar refractivity (Wildman–Crippen MR) is 72.9 cm³/mol. The summed E-state index contributed by atoms with van der Waals surface area (Å²) in [6, 6.07) is 5.34. The summed E-state index contributed by atoms with van der Waals surface area (Å²) in [6.07, 6.45) is -0.304. The summed E-state index contributed by atoms with van der Waals surface area (Å²) in [5, 5.41) is 9.16. The molecule has 0 saturated carbocycles. The van der Waals surface area contributed by atoms with E-state index in [0.29, 0.717) is 24.4 Å². The van der Waals surface area contributed by atoms with Gasteiger partial charge >= 0.3 is 0 Å². The van der Waals surface area contributed by atoms with Gasteiger partial charge in [0.1, 0.15) is 0 Å². The number of rotatable bonds is 2. The number of benzene rings is 1. The Morgan fingerprint density at radius 2 is 2.32 bits per heavy atom. The number of amides is 1. The molecular weight excluding hydrogens is 244 g/mol. The van der Waals surface area contributed by atoms with Gasteiger partial charge in [0.25, 0.3) is 5.91 Å². The number of hydrogen-bond acceptors (Lipinski definition) is 4. The van der Waals surface area contributed by atoms with Gasteiger partial charge in [0.2, 0.25) is 0 Å². The number of aliphatic hydroxyl groups excluding tert-OH is 1. The Labute approximate surface area is 113 Å². The molecule has 5 heteroatoms. The van der Waals surface area contributed by atoms with Gasteiger partial charge in [0, 0.05) is 17.8 Å². The lowest BCUT2D eigenvalue weighted by Gasteiger charge is -2.37. The van der Waals surface area contributed by atoms with Crippen molar-refractivity contribution < 1.29 is 14.6 Å². The average Bonchev–Trinajstić information content (AvgIpc) is 2.42. The van der Waals surface area contributed by atoms with Crippen molar-refractivity contribution in [3.05, 3.63) is 29.3 Å². The molecule has 1 saturated heterocycles. The summed E-state index contributed by atoms with van der Waals surface area (Å²) in [5.41, 5.74) is 7.87. The van der Waals surface area contributed by atoms with Crippen LogP contribution >= 0.6 is 0 Å². The lowest BCUT2D eigenvalue weighted by molar-refractivity contribution is -0.0667. The summed E-state index contributed by atoms with van der Waals surface area (Å²) in [5.74, 6) is -0.0564. The van der Waals surface area contributed by atoms with Crippen LogP contribution in [0.3, 0.4) is 0 Å². The number of carbonyl (C=O) groups is 1. The molecule has 2 unspecified atom stereocenters. The van der Waals surface area contributed by atoms with Crippen LogP contribution in [0.15, 0.2) is 18.2 Å². The van der Waals surface area contributed by atoms with Crippen LogP contribution in [0.5, 0.6) is 0 Å².